The standard InChI is InChI=1S/C15H29NO/c1-11(2)9-15(17)16-8-7-13-5-6-14(10-13)12(3)4/h11-14H,5-10H2,1-4H3,(H,16,17). The van der Waals surface area contributed by atoms with Gasteiger partial charge in [0.2, 0.25) is 5.91 Å². The summed E-state index contributed by atoms with van der Waals surface area (Å²) >= 11 is 0. The summed E-state index contributed by atoms with van der Waals surface area (Å²) in [5, 5.41) is 3.05. The molecule has 1 aliphatic rings. The van der Waals surface area contributed by atoms with Gasteiger partial charge in [-0.25, -0.2) is 0 Å². The van der Waals surface area contributed by atoms with Gasteiger partial charge < -0.3 is 5.32 Å². The van der Waals surface area contributed by atoms with Crippen molar-refractivity contribution >= 4 is 5.91 Å². The lowest BCUT2D eigenvalue weighted by molar-refractivity contribution is -0.121. The van der Waals surface area contributed by atoms with Gasteiger partial charge in [0.1, 0.15) is 0 Å². The molecule has 0 aromatic carbocycles. The van der Waals surface area contributed by atoms with E-state index in [2.05, 4.69) is 33.0 Å². The molecule has 2 nitrogen and oxygen atoms in total. The Morgan fingerprint density at radius 2 is 1.94 bits per heavy atom. The molecule has 1 N–H and O–H groups in total. The van der Waals surface area contributed by atoms with Gasteiger partial charge in [-0.05, 0) is 42.9 Å². The van der Waals surface area contributed by atoms with Crippen LogP contribution in [0.2, 0.25) is 0 Å². The molecule has 1 rings (SSSR count). The first-order valence-electron chi connectivity index (χ1n) is 7.25. The Labute approximate surface area is 107 Å². The maximum absolute atomic E-state index is 11.5. The monoisotopic (exact) mass is 239 g/mol. The normalized spacial score (nSPS) is 24.6. The van der Waals surface area contributed by atoms with E-state index in [9.17, 15) is 4.79 Å². The van der Waals surface area contributed by atoms with E-state index < -0.39 is 0 Å². The number of carbonyl (C=O) groups excluding carboxylic acids is 1. The van der Waals surface area contributed by atoms with Crippen LogP contribution in [0.1, 0.15) is 59.8 Å². The van der Waals surface area contributed by atoms with Gasteiger partial charge in [0.15, 0.2) is 0 Å². The Hall–Kier alpha value is -0.530. The van der Waals surface area contributed by atoms with Crippen molar-refractivity contribution in [3.05, 3.63) is 0 Å². The highest BCUT2D eigenvalue weighted by atomic mass is 16.1. The van der Waals surface area contributed by atoms with E-state index in [0.717, 1.165) is 24.3 Å². The van der Waals surface area contributed by atoms with Crippen LogP contribution in [0.3, 0.4) is 0 Å². The molecule has 2 unspecified atom stereocenters. The molecule has 1 aliphatic carbocycles. The smallest absolute Gasteiger partial charge is 0.220 e. The van der Waals surface area contributed by atoms with Gasteiger partial charge in [-0.2, -0.15) is 0 Å². The number of carbonyl (C=O) groups is 1. The first-order valence-corrected chi connectivity index (χ1v) is 7.25. The molecule has 100 valence electrons. The number of hydrogen-bond donors (Lipinski definition) is 1. The molecule has 0 saturated heterocycles. The number of hydrogen-bond acceptors (Lipinski definition) is 1. The zero-order valence-corrected chi connectivity index (χ0v) is 12.0. The minimum absolute atomic E-state index is 0.221. The summed E-state index contributed by atoms with van der Waals surface area (Å²) in [6.45, 7) is 9.71. The number of amides is 1. The molecule has 0 radical (unpaired) electrons. The predicted octanol–water partition coefficient (Wildman–Crippen LogP) is 3.61. The quantitative estimate of drug-likeness (QED) is 0.753. The van der Waals surface area contributed by atoms with Crippen molar-refractivity contribution in [3.63, 3.8) is 0 Å². The fraction of sp³-hybridized carbons (Fsp3) is 0.933. The van der Waals surface area contributed by atoms with Crippen LogP contribution in [-0.2, 0) is 4.79 Å². The van der Waals surface area contributed by atoms with Crippen LogP contribution in [0.4, 0.5) is 0 Å². The van der Waals surface area contributed by atoms with E-state index in [1.54, 1.807) is 0 Å². The fourth-order valence-corrected chi connectivity index (χ4v) is 2.84. The molecule has 1 fully saturated rings. The van der Waals surface area contributed by atoms with Crippen LogP contribution in [0.15, 0.2) is 0 Å². The molecule has 2 atom stereocenters. The number of rotatable bonds is 6. The van der Waals surface area contributed by atoms with E-state index in [1.165, 1.54) is 25.7 Å². The average Bonchev–Trinajstić information content (AvgIpc) is 2.65. The van der Waals surface area contributed by atoms with Gasteiger partial charge in [0.05, 0.1) is 0 Å². The number of nitrogens with one attached hydrogen (secondary N) is 1. The van der Waals surface area contributed by atoms with E-state index >= 15 is 0 Å². The molecule has 1 saturated carbocycles. The second kappa shape index (κ2) is 7.03. The summed E-state index contributed by atoms with van der Waals surface area (Å²) in [4.78, 5) is 11.5. The molecule has 0 bridgehead atoms. The summed E-state index contributed by atoms with van der Waals surface area (Å²) in [6, 6.07) is 0. The topological polar surface area (TPSA) is 29.1 Å². The molecule has 0 aliphatic heterocycles. The van der Waals surface area contributed by atoms with Crippen molar-refractivity contribution in [2.24, 2.45) is 23.7 Å². The van der Waals surface area contributed by atoms with Crippen molar-refractivity contribution in [1.29, 1.82) is 0 Å². The lowest BCUT2D eigenvalue weighted by Gasteiger charge is -2.15. The van der Waals surface area contributed by atoms with Crippen LogP contribution in [0.25, 0.3) is 0 Å². The SMILES string of the molecule is CC(C)CC(=O)NCCC1CCC(C(C)C)C1. The molecule has 0 aromatic rings. The molecular formula is C15H29NO. The predicted molar refractivity (Wildman–Crippen MR) is 72.8 cm³/mol. The van der Waals surface area contributed by atoms with Gasteiger partial charge in [-0.1, -0.05) is 34.1 Å². The lowest BCUT2D eigenvalue weighted by Crippen LogP contribution is -2.26. The summed E-state index contributed by atoms with van der Waals surface area (Å²) in [5.74, 6) is 3.29. The molecule has 0 heterocycles. The Kier molecular flexibility index (Phi) is 6.01. The summed E-state index contributed by atoms with van der Waals surface area (Å²) in [5.41, 5.74) is 0. The second-order valence-electron chi connectivity index (χ2n) is 6.42. The zero-order valence-electron chi connectivity index (χ0n) is 12.0. The largest absolute Gasteiger partial charge is 0.356 e. The van der Waals surface area contributed by atoms with E-state index in [-0.39, 0.29) is 5.91 Å². The molecule has 0 spiro atoms. The van der Waals surface area contributed by atoms with E-state index in [1.807, 2.05) is 0 Å². The van der Waals surface area contributed by atoms with E-state index in [4.69, 9.17) is 0 Å². The molecular weight excluding hydrogens is 210 g/mol. The Balaban J connectivity index is 2.10. The highest BCUT2D eigenvalue weighted by Gasteiger charge is 2.26. The van der Waals surface area contributed by atoms with Crippen LogP contribution in [-0.4, -0.2) is 12.5 Å². The van der Waals surface area contributed by atoms with Crippen molar-refractivity contribution < 1.29 is 4.79 Å². The Morgan fingerprint density at radius 1 is 1.24 bits per heavy atom. The first kappa shape index (κ1) is 14.5. The van der Waals surface area contributed by atoms with Gasteiger partial charge in [0, 0.05) is 13.0 Å². The van der Waals surface area contributed by atoms with Crippen LogP contribution >= 0.6 is 0 Å². The maximum Gasteiger partial charge on any atom is 0.220 e. The highest BCUT2D eigenvalue weighted by molar-refractivity contribution is 5.75. The molecule has 0 aromatic heterocycles. The Morgan fingerprint density at radius 3 is 2.47 bits per heavy atom. The van der Waals surface area contributed by atoms with Gasteiger partial charge in [0.25, 0.3) is 0 Å². The minimum atomic E-state index is 0.221. The first-order chi connectivity index (χ1) is 7.99. The third-order valence-electron chi connectivity index (χ3n) is 3.99. The molecule has 1 amide bonds. The molecule has 17 heavy (non-hydrogen) atoms. The van der Waals surface area contributed by atoms with Crippen LogP contribution < -0.4 is 5.32 Å². The lowest BCUT2D eigenvalue weighted by atomic mass is 9.93. The average molecular weight is 239 g/mol. The van der Waals surface area contributed by atoms with Gasteiger partial charge in [-0.15, -0.1) is 0 Å². The van der Waals surface area contributed by atoms with Crippen molar-refractivity contribution in [2.75, 3.05) is 6.54 Å². The van der Waals surface area contributed by atoms with Crippen molar-refractivity contribution in [3.8, 4) is 0 Å². The summed E-state index contributed by atoms with van der Waals surface area (Å²) in [6.07, 6.45) is 5.97. The van der Waals surface area contributed by atoms with Crippen LogP contribution in [0, 0.1) is 23.7 Å². The van der Waals surface area contributed by atoms with Gasteiger partial charge >= 0.3 is 0 Å². The van der Waals surface area contributed by atoms with Crippen LogP contribution in [0.5, 0.6) is 0 Å². The summed E-state index contributed by atoms with van der Waals surface area (Å²) in [7, 11) is 0. The van der Waals surface area contributed by atoms with Crippen molar-refractivity contribution in [1.82, 2.24) is 5.32 Å². The fourth-order valence-electron chi connectivity index (χ4n) is 2.84. The third-order valence-corrected chi connectivity index (χ3v) is 3.99. The minimum Gasteiger partial charge on any atom is -0.356 e. The Bertz CT molecular complexity index is 235. The maximum atomic E-state index is 11.5. The van der Waals surface area contributed by atoms with E-state index in [0.29, 0.717) is 12.3 Å². The second-order valence-corrected chi connectivity index (χ2v) is 6.42. The van der Waals surface area contributed by atoms with Gasteiger partial charge in [-0.3, -0.25) is 4.79 Å². The summed E-state index contributed by atoms with van der Waals surface area (Å²) < 4.78 is 0. The highest BCUT2D eigenvalue weighted by Crippen LogP contribution is 2.36. The third kappa shape index (κ3) is 5.56. The molecule has 2 heteroatoms. The zero-order chi connectivity index (χ0) is 12.8. The van der Waals surface area contributed by atoms with Crippen molar-refractivity contribution in [2.45, 2.75) is 59.8 Å².